The van der Waals surface area contributed by atoms with Crippen LogP contribution in [0.2, 0.25) is 0 Å². The molecule has 0 aliphatic heterocycles. The van der Waals surface area contributed by atoms with Gasteiger partial charge in [-0.15, -0.1) is 11.3 Å². The first kappa shape index (κ1) is 15.8. The van der Waals surface area contributed by atoms with E-state index >= 15 is 0 Å². The van der Waals surface area contributed by atoms with Gasteiger partial charge in [0.2, 0.25) is 0 Å². The van der Waals surface area contributed by atoms with Crippen molar-refractivity contribution in [3.05, 3.63) is 58.3 Å². The maximum Gasteiger partial charge on any atom is 0.265 e. The van der Waals surface area contributed by atoms with Gasteiger partial charge in [-0.05, 0) is 67.8 Å². The number of thiophene rings is 1. The second-order valence-electron chi connectivity index (χ2n) is 5.79. The summed E-state index contributed by atoms with van der Waals surface area (Å²) in [6, 6.07) is 11.6. The Bertz CT molecular complexity index is 659. The molecule has 0 bridgehead atoms. The van der Waals surface area contributed by atoms with E-state index in [1.54, 1.807) is 5.57 Å². The molecular weight excluding hydrogens is 304 g/mol. The normalized spacial score (nSPS) is 14.2. The van der Waals surface area contributed by atoms with Crippen LogP contribution in [0.4, 0.5) is 11.4 Å². The highest BCUT2D eigenvalue weighted by atomic mass is 32.1. The lowest BCUT2D eigenvalue weighted by molar-refractivity contribution is 0.103. The Morgan fingerprint density at radius 1 is 1.09 bits per heavy atom. The first-order chi connectivity index (χ1) is 11.3. The van der Waals surface area contributed by atoms with Gasteiger partial charge >= 0.3 is 0 Å². The van der Waals surface area contributed by atoms with Crippen LogP contribution in [0.5, 0.6) is 0 Å². The number of nitrogens with one attached hydrogen (secondary N) is 2. The molecule has 2 N–H and O–H groups in total. The molecule has 0 spiro atoms. The molecule has 2 aromatic rings. The topological polar surface area (TPSA) is 41.1 Å². The van der Waals surface area contributed by atoms with E-state index in [-0.39, 0.29) is 5.91 Å². The van der Waals surface area contributed by atoms with E-state index in [0.29, 0.717) is 0 Å². The predicted octanol–water partition coefficient (Wildman–Crippen LogP) is 5.30. The fourth-order valence-corrected chi connectivity index (χ4v) is 3.39. The van der Waals surface area contributed by atoms with E-state index in [2.05, 4.69) is 16.7 Å². The highest BCUT2D eigenvalue weighted by Crippen LogP contribution is 2.21. The Labute approximate surface area is 141 Å². The Morgan fingerprint density at radius 3 is 2.61 bits per heavy atom. The molecule has 3 nitrogen and oxygen atoms in total. The van der Waals surface area contributed by atoms with Crippen LogP contribution in [0.15, 0.2) is 53.4 Å². The molecule has 0 saturated carbocycles. The standard InChI is InChI=1S/C19H22N2OS/c22-19(18-7-4-14-23-18)21-17-10-8-16(9-11-17)20-13-12-15-5-2-1-3-6-15/h4-5,7-11,14,20H,1-3,6,12-13H2,(H,21,22). The molecule has 3 rings (SSSR count). The highest BCUT2D eigenvalue weighted by molar-refractivity contribution is 7.12. The number of rotatable bonds is 6. The minimum absolute atomic E-state index is 0.0510. The van der Waals surface area contributed by atoms with Gasteiger partial charge in [0.25, 0.3) is 5.91 Å². The van der Waals surface area contributed by atoms with Gasteiger partial charge in [0.1, 0.15) is 0 Å². The lowest BCUT2D eigenvalue weighted by Gasteiger charge is -2.13. The lowest BCUT2D eigenvalue weighted by Crippen LogP contribution is -2.10. The van der Waals surface area contributed by atoms with Crippen LogP contribution in [0.3, 0.4) is 0 Å². The van der Waals surface area contributed by atoms with E-state index < -0.39 is 0 Å². The van der Waals surface area contributed by atoms with Gasteiger partial charge in [-0.2, -0.15) is 0 Å². The number of carbonyl (C=O) groups excluding carboxylic acids is 1. The Hall–Kier alpha value is -2.07. The van der Waals surface area contributed by atoms with Crippen LogP contribution >= 0.6 is 11.3 Å². The van der Waals surface area contributed by atoms with Gasteiger partial charge in [-0.25, -0.2) is 0 Å². The van der Waals surface area contributed by atoms with Crippen molar-refractivity contribution in [1.29, 1.82) is 0 Å². The number of amides is 1. The first-order valence-electron chi connectivity index (χ1n) is 8.18. The Balaban J connectivity index is 1.47. The predicted molar refractivity (Wildman–Crippen MR) is 98.4 cm³/mol. The van der Waals surface area contributed by atoms with Gasteiger partial charge in [0.15, 0.2) is 0 Å². The van der Waals surface area contributed by atoms with Gasteiger partial charge in [0, 0.05) is 17.9 Å². The molecule has 23 heavy (non-hydrogen) atoms. The molecule has 0 atom stereocenters. The molecular formula is C19H22N2OS. The van der Waals surface area contributed by atoms with E-state index in [4.69, 9.17) is 0 Å². The minimum atomic E-state index is -0.0510. The average Bonchev–Trinajstić information content (AvgIpc) is 3.12. The van der Waals surface area contributed by atoms with Crippen LogP contribution in [0.25, 0.3) is 0 Å². The quantitative estimate of drug-likeness (QED) is 0.707. The summed E-state index contributed by atoms with van der Waals surface area (Å²) in [7, 11) is 0. The summed E-state index contributed by atoms with van der Waals surface area (Å²) >= 11 is 1.45. The Morgan fingerprint density at radius 2 is 1.91 bits per heavy atom. The van der Waals surface area contributed by atoms with Crippen molar-refractivity contribution in [3.8, 4) is 0 Å². The molecule has 1 aromatic heterocycles. The first-order valence-corrected chi connectivity index (χ1v) is 9.06. The largest absolute Gasteiger partial charge is 0.385 e. The molecule has 1 aliphatic rings. The highest BCUT2D eigenvalue weighted by Gasteiger charge is 2.06. The number of hydrogen-bond donors (Lipinski definition) is 2. The van der Waals surface area contributed by atoms with Crippen molar-refractivity contribution in [2.45, 2.75) is 32.1 Å². The summed E-state index contributed by atoms with van der Waals surface area (Å²) in [4.78, 5) is 12.7. The van der Waals surface area contributed by atoms with Crippen LogP contribution in [0, 0.1) is 0 Å². The summed E-state index contributed by atoms with van der Waals surface area (Å²) < 4.78 is 0. The van der Waals surface area contributed by atoms with Crippen LogP contribution in [-0.2, 0) is 0 Å². The van der Waals surface area contributed by atoms with Crippen molar-refractivity contribution in [2.75, 3.05) is 17.2 Å². The summed E-state index contributed by atoms with van der Waals surface area (Å²) in [5, 5.41) is 8.27. The van der Waals surface area contributed by atoms with Crippen molar-refractivity contribution in [3.63, 3.8) is 0 Å². The monoisotopic (exact) mass is 326 g/mol. The summed E-state index contributed by atoms with van der Waals surface area (Å²) in [5.41, 5.74) is 3.50. The summed E-state index contributed by atoms with van der Waals surface area (Å²) in [6.07, 6.45) is 8.70. The SMILES string of the molecule is O=C(Nc1ccc(NCCC2=CCCCC2)cc1)c1cccs1. The third-order valence-electron chi connectivity index (χ3n) is 4.05. The maximum atomic E-state index is 12.0. The molecule has 1 aromatic carbocycles. The second-order valence-corrected chi connectivity index (χ2v) is 6.74. The zero-order valence-corrected chi connectivity index (χ0v) is 14.0. The van der Waals surface area contributed by atoms with Gasteiger partial charge in [0.05, 0.1) is 4.88 Å². The number of anilines is 2. The van der Waals surface area contributed by atoms with Gasteiger partial charge in [-0.1, -0.05) is 17.7 Å². The van der Waals surface area contributed by atoms with Crippen molar-refractivity contribution in [1.82, 2.24) is 0 Å². The van der Waals surface area contributed by atoms with E-state index in [0.717, 1.165) is 29.2 Å². The molecule has 0 unspecified atom stereocenters. The lowest BCUT2D eigenvalue weighted by atomic mass is 9.97. The molecule has 1 heterocycles. The van der Waals surface area contributed by atoms with Crippen LogP contribution in [0.1, 0.15) is 41.8 Å². The van der Waals surface area contributed by atoms with Crippen LogP contribution < -0.4 is 10.6 Å². The molecule has 0 radical (unpaired) electrons. The van der Waals surface area contributed by atoms with E-state index in [9.17, 15) is 4.79 Å². The van der Waals surface area contributed by atoms with Crippen molar-refractivity contribution in [2.24, 2.45) is 0 Å². The molecule has 0 saturated heterocycles. The van der Waals surface area contributed by atoms with Crippen molar-refractivity contribution >= 4 is 28.6 Å². The molecule has 0 fully saturated rings. The zero-order chi connectivity index (χ0) is 15.9. The smallest absolute Gasteiger partial charge is 0.265 e. The summed E-state index contributed by atoms with van der Waals surface area (Å²) in [6.45, 7) is 0.965. The van der Waals surface area contributed by atoms with Crippen LogP contribution in [-0.4, -0.2) is 12.5 Å². The number of carbonyl (C=O) groups is 1. The maximum absolute atomic E-state index is 12.0. The molecule has 1 aliphatic carbocycles. The minimum Gasteiger partial charge on any atom is -0.385 e. The Kier molecular flexibility index (Phi) is 5.48. The van der Waals surface area contributed by atoms with Gasteiger partial charge in [-0.3, -0.25) is 4.79 Å². The van der Waals surface area contributed by atoms with E-state index in [1.165, 1.54) is 37.0 Å². The molecule has 4 heteroatoms. The molecule has 1 amide bonds. The fraction of sp³-hybridized carbons (Fsp3) is 0.316. The summed E-state index contributed by atoms with van der Waals surface area (Å²) in [5.74, 6) is -0.0510. The van der Waals surface area contributed by atoms with Gasteiger partial charge < -0.3 is 10.6 Å². The second kappa shape index (κ2) is 7.97. The zero-order valence-electron chi connectivity index (χ0n) is 13.2. The fourth-order valence-electron chi connectivity index (χ4n) is 2.77. The number of allylic oxidation sites excluding steroid dienone is 1. The third-order valence-corrected chi connectivity index (χ3v) is 4.92. The molecule has 120 valence electrons. The van der Waals surface area contributed by atoms with E-state index in [1.807, 2.05) is 41.8 Å². The van der Waals surface area contributed by atoms with Crippen molar-refractivity contribution < 1.29 is 4.79 Å². The third kappa shape index (κ3) is 4.70. The average molecular weight is 326 g/mol. The number of benzene rings is 1. The number of hydrogen-bond acceptors (Lipinski definition) is 3.